The van der Waals surface area contributed by atoms with Crippen molar-refractivity contribution in [1.82, 2.24) is 0 Å². The van der Waals surface area contributed by atoms with Gasteiger partial charge in [0.2, 0.25) is 0 Å². The Bertz CT molecular complexity index is 985. The third kappa shape index (κ3) is 3.96. The van der Waals surface area contributed by atoms with Crippen LogP contribution in [0.25, 0.3) is 0 Å². The summed E-state index contributed by atoms with van der Waals surface area (Å²) in [6, 6.07) is 37.4. The summed E-state index contributed by atoms with van der Waals surface area (Å²) in [6.07, 6.45) is 0. The van der Waals surface area contributed by atoms with Crippen molar-refractivity contribution in [3.8, 4) is 0 Å². The number of carbonyl (C=O) groups is 1. The molecule has 0 unspecified atom stereocenters. The number of nitrogen functional groups attached to an aromatic ring is 1. The topological polar surface area (TPSA) is 52.3 Å². The first-order valence-electron chi connectivity index (χ1n) is 9.45. The quantitative estimate of drug-likeness (QED) is 0.295. The maximum absolute atomic E-state index is 13.3. The molecule has 4 rings (SSSR count). The van der Waals surface area contributed by atoms with Crippen molar-refractivity contribution in [3.05, 3.63) is 121 Å². The second-order valence-corrected chi connectivity index (χ2v) is 19.6. The van der Waals surface area contributed by atoms with Gasteiger partial charge in [0.05, 0.1) is 0 Å². The molecule has 3 nitrogen and oxygen atoms in total. The summed E-state index contributed by atoms with van der Waals surface area (Å²) in [5.41, 5.74) is 6.91. The Hall–Kier alpha value is -2.93. The van der Waals surface area contributed by atoms with Crippen LogP contribution in [0.15, 0.2) is 115 Å². The van der Waals surface area contributed by atoms with Gasteiger partial charge in [-0.1, -0.05) is 0 Å². The first-order chi connectivity index (χ1) is 14.2. The summed E-state index contributed by atoms with van der Waals surface area (Å²) >= 11 is -4.25. The Kier molecular flexibility index (Phi) is 5.76. The van der Waals surface area contributed by atoms with Crippen LogP contribution in [-0.2, 0) is 2.69 Å². The van der Waals surface area contributed by atoms with E-state index in [1.165, 1.54) is 0 Å². The molecule has 4 aromatic rings. The van der Waals surface area contributed by atoms with Crippen molar-refractivity contribution in [1.29, 1.82) is 0 Å². The van der Waals surface area contributed by atoms with Crippen LogP contribution >= 0.6 is 0 Å². The zero-order valence-corrected chi connectivity index (χ0v) is 19.8. The standard InChI is InChI=1S/C7H7NO2.3C6H5.Pb/c8-6-3-1-5(2-4-6)7(9)10;3*1-2-4-6-5-3-1;/h1-4H,8H2,(H,9,10);3*1-5H;/q;;;;+1/p-1. The molecule has 4 aromatic carbocycles. The number of nitrogens with two attached hydrogens (primary N) is 1. The summed E-state index contributed by atoms with van der Waals surface area (Å²) < 4.78 is 9.86. The van der Waals surface area contributed by atoms with E-state index in [0.29, 0.717) is 11.3 Å². The maximum atomic E-state index is 13.3. The van der Waals surface area contributed by atoms with E-state index in [2.05, 4.69) is 36.4 Å². The third-order valence-corrected chi connectivity index (χ3v) is 20.2. The molecular weight excluding hydrogens is 553 g/mol. The minimum atomic E-state index is -4.25. The summed E-state index contributed by atoms with van der Waals surface area (Å²) in [7, 11) is 0. The Labute approximate surface area is 176 Å². The third-order valence-electron chi connectivity index (χ3n) is 4.93. The molecule has 29 heavy (non-hydrogen) atoms. The predicted molar refractivity (Wildman–Crippen MR) is 120 cm³/mol. The van der Waals surface area contributed by atoms with Crippen LogP contribution in [0.5, 0.6) is 0 Å². The predicted octanol–water partition coefficient (Wildman–Crippen LogP) is 3.09. The van der Waals surface area contributed by atoms with Gasteiger partial charge in [-0.25, -0.2) is 0 Å². The van der Waals surface area contributed by atoms with Crippen LogP contribution in [0.1, 0.15) is 10.4 Å². The van der Waals surface area contributed by atoms with E-state index in [0.717, 1.165) is 9.37 Å². The normalized spacial score (nSPS) is 11.0. The second kappa shape index (κ2) is 8.61. The molecule has 0 fully saturated rings. The molecule has 0 aliphatic rings. The molecule has 0 saturated carbocycles. The number of anilines is 1. The monoisotopic (exact) mass is 575 g/mol. The van der Waals surface area contributed by atoms with Crippen molar-refractivity contribution in [3.63, 3.8) is 0 Å². The van der Waals surface area contributed by atoms with Crippen LogP contribution < -0.4 is 15.1 Å². The van der Waals surface area contributed by atoms with Crippen LogP contribution in [0.2, 0.25) is 0 Å². The molecule has 0 aliphatic carbocycles. The van der Waals surface area contributed by atoms with Crippen molar-refractivity contribution in [2.45, 2.75) is 0 Å². The Morgan fingerprint density at radius 1 is 0.586 bits per heavy atom. The number of hydrogen-bond acceptors (Lipinski definition) is 3. The average Bonchev–Trinajstić information content (AvgIpc) is 2.79. The zero-order chi connectivity index (χ0) is 20.1. The fraction of sp³-hybridized carbons (Fsp3) is 0. The molecule has 2 N–H and O–H groups in total. The van der Waals surface area contributed by atoms with Gasteiger partial charge in [-0.05, 0) is 0 Å². The Balaban J connectivity index is 1.92. The fourth-order valence-corrected chi connectivity index (χ4v) is 18.0. The first-order valence-corrected chi connectivity index (χ1v) is 16.9. The Morgan fingerprint density at radius 3 is 1.34 bits per heavy atom. The van der Waals surface area contributed by atoms with E-state index in [4.69, 9.17) is 8.42 Å². The zero-order valence-electron chi connectivity index (χ0n) is 15.9. The van der Waals surface area contributed by atoms with Crippen LogP contribution in [0.3, 0.4) is 0 Å². The second-order valence-electron chi connectivity index (χ2n) is 6.79. The van der Waals surface area contributed by atoms with E-state index in [1.807, 2.05) is 54.6 Å². The van der Waals surface area contributed by atoms with Gasteiger partial charge in [0, 0.05) is 0 Å². The number of carbonyl (C=O) groups excluding carboxylic acids is 1. The number of rotatable bonds is 5. The number of benzene rings is 4. The number of hydrogen-bond donors (Lipinski definition) is 1. The van der Waals surface area contributed by atoms with Gasteiger partial charge in [-0.15, -0.1) is 0 Å². The molecule has 0 aromatic heterocycles. The Morgan fingerprint density at radius 2 is 0.966 bits per heavy atom. The van der Waals surface area contributed by atoms with E-state index >= 15 is 0 Å². The summed E-state index contributed by atoms with van der Waals surface area (Å²) in [5.74, 6) is -0.316. The van der Waals surface area contributed by atoms with Crippen LogP contribution in [-0.4, -0.2) is 27.6 Å². The molecule has 142 valence electrons. The summed E-state index contributed by atoms with van der Waals surface area (Å²) in [6.45, 7) is 0. The SMILES string of the molecule is Nc1ccc(C(=O)[O][Pb]([c]2ccccc2)([c]2ccccc2)[c]2ccccc2)cc1. The van der Waals surface area contributed by atoms with Gasteiger partial charge in [0.1, 0.15) is 0 Å². The van der Waals surface area contributed by atoms with Gasteiger partial charge in [-0.2, -0.15) is 0 Å². The first kappa shape index (κ1) is 19.4. The van der Waals surface area contributed by atoms with Crippen LogP contribution in [0.4, 0.5) is 5.69 Å². The van der Waals surface area contributed by atoms with Crippen molar-refractivity contribution >= 4 is 42.7 Å². The molecule has 0 amide bonds. The molecule has 0 aliphatic heterocycles. The van der Waals surface area contributed by atoms with Crippen molar-refractivity contribution in [2.24, 2.45) is 0 Å². The molecule has 0 heterocycles. The summed E-state index contributed by atoms with van der Waals surface area (Å²) in [5, 5.41) is 0. The molecule has 0 radical (unpaired) electrons. The molecule has 0 spiro atoms. The fourth-order valence-electron chi connectivity index (χ4n) is 3.51. The summed E-state index contributed by atoms with van der Waals surface area (Å²) in [4.78, 5) is 13.3. The van der Waals surface area contributed by atoms with Crippen LogP contribution in [0, 0.1) is 0 Å². The van der Waals surface area contributed by atoms with E-state index in [1.54, 1.807) is 24.3 Å². The minimum absolute atomic E-state index is 0.316. The van der Waals surface area contributed by atoms with Gasteiger partial charge < -0.3 is 0 Å². The van der Waals surface area contributed by atoms with Gasteiger partial charge in [0.25, 0.3) is 0 Å². The van der Waals surface area contributed by atoms with Gasteiger partial charge >= 0.3 is 177 Å². The van der Waals surface area contributed by atoms with E-state index in [9.17, 15) is 4.79 Å². The van der Waals surface area contributed by atoms with E-state index in [-0.39, 0.29) is 5.97 Å². The molecular formula is C25H21NO2Pb. The van der Waals surface area contributed by atoms with E-state index < -0.39 is 21.6 Å². The molecule has 0 bridgehead atoms. The molecule has 0 saturated heterocycles. The molecule has 0 atom stereocenters. The van der Waals surface area contributed by atoms with Crippen molar-refractivity contribution in [2.75, 3.05) is 5.73 Å². The van der Waals surface area contributed by atoms with Gasteiger partial charge in [-0.3, -0.25) is 0 Å². The molecule has 4 heteroatoms. The van der Waals surface area contributed by atoms with Gasteiger partial charge in [0.15, 0.2) is 0 Å². The average molecular weight is 575 g/mol. The van der Waals surface area contributed by atoms with Crippen molar-refractivity contribution < 1.29 is 7.48 Å².